The summed E-state index contributed by atoms with van der Waals surface area (Å²) in [6, 6.07) is 5.79. The quantitative estimate of drug-likeness (QED) is 0.785. The van der Waals surface area contributed by atoms with Crippen molar-refractivity contribution in [3.05, 3.63) is 40.6 Å². The molecule has 2 aromatic rings. The normalized spacial score (nSPS) is 13.5. The predicted molar refractivity (Wildman–Crippen MR) is 79.3 cm³/mol. The number of carbonyl (C=O) groups is 1. The molecule has 104 valence electrons. The van der Waals surface area contributed by atoms with E-state index in [1.165, 1.54) is 5.56 Å². The number of aromatic amines is 1. The Morgan fingerprint density at radius 2 is 2.20 bits per heavy atom. The largest absolute Gasteiger partial charge is 0.385 e. The first kappa shape index (κ1) is 12.7. The first-order valence-corrected chi connectivity index (χ1v) is 6.85. The molecule has 0 fully saturated rings. The summed E-state index contributed by atoms with van der Waals surface area (Å²) in [6.45, 7) is 4.87. The summed E-state index contributed by atoms with van der Waals surface area (Å²) >= 11 is 0. The lowest BCUT2D eigenvalue weighted by molar-refractivity contribution is 0.102. The number of nitrogens with one attached hydrogen (secondary N) is 3. The molecule has 5 nitrogen and oxygen atoms in total. The molecule has 0 saturated carbocycles. The zero-order valence-corrected chi connectivity index (χ0v) is 11.7. The van der Waals surface area contributed by atoms with Gasteiger partial charge in [0.15, 0.2) is 5.82 Å². The van der Waals surface area contributed by atoms with Crippen molar-refractivity contribution >= 4 is 17.4 Å². The fourth-order valence-corrected chi connectivity index (χ4v) is 2.40. The number of anilines is 2. The van der Waals surface area contributed by atoms with Gasteiger partial charge in [-0.1, -0.05) is 0 Å². The number of fused-ring (bicyclic) bond motifs is 1. The molecule has 0 radical (unpaired) electrons. The molecule has 0 unspecified atom stereocenters. The fourth-order valence-electron chi connectivity index (χ4n) is 2.40. The third-order valence-corrected chi connectivity index (χ3v) is 3.79. The Morgan fingerprint density at radius 1 is 1.35 bits per heavy atom. The topological polar surface area (TPSA) is 69.8 Å². The number of benzene rings is 1. The number of rotatable bonds is 2. The second kappa shape index (κ2) is 5.00. The van der Waals surface area contributed by atoms with E-state index in [1.807, 2.05) is 32.0 Å². The molecule has 1 amide bonds. The molecule has 0 spiro atoms. The van der Waals surface area contributed by atoms with Gasteiger partial charge < -0.3 is 10.6 Å². The van der Waals surface area contributed by atoms with E-state index in [-0.39, 0.29) is 5.91 Å². The summed E-state index contributed by atoms with van der Waals surface area (Å²) in [6.07, 6.45) is 2.12. The summed E-state index contributed by atoms with van der Waals surface area (Å²) in [5, 5.41) is 13.2. The van der Waals surface area contributed by atoms with Gasteiger partial charge in [-0.2, -0.15) is 5.10 Å². The second-order valence-corrected chi connectivity index (χ2v) is 5.18. The maximum Gasteiger partial charge on any atom is 0.256 e. The van der Waals surface area contributed by atoms with Crippen molar-refractivity contribution in [2.45, 2.75) is 26.7 Å². The molecule has 3 N–H and O–H groups in total. The van der Waals surface area contributed by atoms with Crippen LogP contribution in [0.1, 0.15) is 33.6 Å². The molecular weight excluding hydrogens is 252 g/mol. The van der Waals surface area contributed by atoms with E-state index >= 15 is 0 Å². The first-order chi connectivity index (χ1) is 9.65. The van der Waals surface area contributed by atoms with Crippen LogP contribution in [0.2, 0.25) is 0 Å². The van der Waals surface area contributed by atoms with Gasteiger partial charge in [-0.05, 0) is 50.5 Å². The second-order valence-electron chi connectivity index (χ2n) is 5.18. The van der Waals surface area contributed by atoms with Crippen molar-refractivity contribution in [1.29, 1.82) is 0 Å². The Labute approximate surface area is 117 Å². The van der Waals surface area contributed by atoms with Crippen LogP contribution < -0.4 is 10.6 Å². The van der Waals surface area contributed by atoms with Crippen LogP contribution in [0.15, 0.2) is 18.2 Å². The molecule has 0 saturated heterocycles. The van der Waals surface area contributed by atoms with Crippen molar-refractivity contribution in [2.75, 3.05) is 17.2 Å². The van der Waals surface area contributed by atoms with Gasteiger partial charge in [0, 0.05) is 29.1 Å². The van der Waals surface area contributed by atoms with E-state index in [9.17, 15) is 4.79 Å². The number of nitrogens with zero attached hydrogens (tertiary/aromatic N) is 1. The molecule has 20 heavy (non-hydrogen) atoms. The van der Waals surface area contributed by atoms with Crippen LogP contribution in [0.5, 0.6) is 0 Å². The number of hydrogen-bond acceptors (Lipinski definition) is 3. The molecule has 1 aromatic carbocycles. The van der Waals surface area contributed by atoms with Crippen LogP contribution in [0.25, 0.3) is 0 Å². The highest BCUT2D eigenvalue weighted by Crippen LogP contribution is 2.23. The van der Waals surface area contributed by atoms with Crippen LogP contribution >= 0.6 is 0 Å². The van der Waals surface area contributed by atoms with Crippen molar-refractivity contribution in [1.82, 2.24) is 10.2 Å². The predicted octanol–water partition coefficient (Wildman–Crippen LogP) is 2.64. The highest BCUT2D eigenvalue weighted by Gasteiger charge is 2.14. The molecule has 0 aliphatic carbocycles. The van der Waals surface area contributed by atoms with Crippen molar-refractivity contribution in [2.24, 2.45) is 0 Å². The Bertz CT molecular complexity index is 660. The minimum atomic E-state index is -0.118. The highest BCUT2D eigenvalue weighted by atomic mass is 16.1. The standard InChI is InChI=1S/C15H18N4O/c1-9-10(2)18-19-14(9)17-15(20)12-5-6-13-11(8-12)4-3-7-16-13/h5-6,8,16H,3-4,7H2,1-2H3,(H2,17,18,19,20). The lowest BCUT2D eigenvalue weighted by atomic mass is 10.0. The van der Waals surface area contributed by atoms with E-state index in [0.717, 1.165) is 36.3 Å². The Morgan fingerprint density at radius 3 is 2.95 bits per heavy atom. The molecule has 1 aliphatic heterocycles. The van der Waals surface area contributed by atoms with Gasteiger partial charge in [0.2, 0.25) is 0 Å². The zero-order chi connectivity index (χ0) is 14.1. The Kier molecular flexibility index (Phi) is 3.18. The summed E-state index contributed by atoms with van der Waals surface area (Å²) in [7, 11) is 0. The molecule has 1 aromatic heterocycles. The molecule has 3 rings (SSSR count). The fraction of sp³-hybridized carbons (Fsp3) is 0.333. The molecule has 0 bridgehead atoms. The van der Waals surface area contributed by atoms with Crippen LogP contribution in [0.4, 0.5) is 11.5 Å². The van der Waals surface area contributed by atoms with E-state index < -0.39 is 0 Å². The molecule has 5 heteroatoms. The summed E-state index contributed by atoms with van der Waals surface area (Å²) in [5.74, 6) is 0.483. The Balaban J connectivity index is 1.82. The lowest BCUT2D eigenvalue weighted by Crippen LogP contribution is -2.16. The van der Waals surface area contributed by atoms with E-state index in [1.54, 1.807) is 0 Å². The molecule has 1 aliphatic rings. The number of H-pyrrole nitrogens is 1. The summed E-state index contributed by atoms with van der Waals surface area (Å²) < 4.78 is 0. The molecule has 2 heterocycles. The maximum absolute atomic E-state index is 12.3. The number of carbonyl (C=O) groups excluding carboxylic acids is 1. The number of hydrogen-bond donors (Lipinski definition) is 3. The third-order valence-electron chi connectivity index (χ3n) is 3.79. The maximum atomic E-state index is 12.3. The Hall–Kier alpha value is -2.30. The summed E-state index contributed by atoms with van der Waals surface area (Å²) in [4.78, 5) is 12.3. The van der Waals surface area contributed by atoms with Crippen LogP contribution in [0.3, 0.4) is 0 Å². The van der Waals surface area contributed by atoms with E-state index in [0.29, 0.717) is 11.4 Å². The number of aryl methyl sites for hydroxylation is 2. The van der Waals surface area contributed by atoms with Gasteiger partial charge in [-0.3, -0.25) is 9.89 Å². The van der Waals surface area contributed by atoms with Crippen LogP contribution in [0, 0.1) is 13.8 Å². The lowest BCUT2D eigenvalue weighted by Gasteiger charge is -2.18. The van der Waals surface area contributed by atoms with E-state index in [4.69, 9.17) is 0 Å². The average molecular weight is 270 g/mol. The minimum absolute atomic E-state index is 0.118. The first-order valence-electron chi connectivity index (χ1n) is 6.85. The average Bonchev–Trinajstić information content (AvgIpc) is 2.78. The number of amides is 1. The zero-order valence-electron chi connectivity index (χ0n) is 11.7. The van der Waals surface area contributed by atoms with Gasteiger partial charge in [0.25, 0.3) is 5.91 Å². The molecule has 0 atom stereocenters. The van der Waals surface area contributed by atoms with Crippen molar-refractivity contribution in [3.8, 4) is 0 Å². The monoisotopic (exact) mass is 270 g/mol. The van der Waals surface area contributed by atoms with Gasteiger partial charge >= 0.3 is 0 Å². The number of aromatic nitrogens is 2. The van der Waals surface area contributed by atoms with E-state index in [2.05, 4.69) is 20.8 Å². The van der Waals surface area contributed by atoms with Gasteiger partial charge in [-0.25, -0.2) is 0 Å². The van der Waals surface area contributed by atoms with Gasteiger partial charge in [0.05, 0.1) is 0 Å². The minimum Gasteiger partial charge on any atom is -0.385 e. The summed E-state index contributed by atoms with van der Waals surface area (Å²) in [5.41, 5.74) is 4.96. The van der Waals surface area contributed by atoms with Gasteiger partial charge in [0.1, 0.15) is 0 Å². The van der Waals surface area contributed by atoms with Crippen molar-refractivity contribution in [3.63, 3.8) is 0 Å². The van der Waals surface area contributed by atoms with Crippen molar-refractivity contribution < 1.29 is 4.79 Å². The van der Waals surface area contributed by atoms with Crippen LogP contribution in [-0.2, 0) is 6.42 Å². The SMILES string of the molecule is Cc1[nH]nc(NC(=O)c2ccc3c(c2)CCCN3)c1C. The smallest absolute Gasteiger partial charge is 0.256 e. The highest BCUT2D eigenvalue weighted by molar-refractivity contribution is 6.04. The van der Waals surface area contributed by atoms with Crippen LogP contribution in [-0.4, -0.2) is 22.6 Å². The molecular formula is C15H18N4O. The van der Waals surface area contributed by atoms with Gasteiger partial charge in [-0.15, -0.1) is 0 Å². The third kappa shape index (κ3) is 2.27.